The first kappa shape index (κ1) is 26.7. The summed E-state index contributed by atoms with van der Waals surface area (Å²) in [5.74, 6) is -6.78. The average Bonchev–Trinajstić information content (AvgIpc) is 2.61. The molecule has 0 saturated heterocycles. The zero-order valence-corrected chi connectivity index (χ0v) is 16.0. The molecule has 0 bridgehead atoms. The molecule has 30 heavy (non-hydrogen) atoms. The summed E-state index contributed by atoms with van der Waals surface area (Å²) in [7, 11) is 0. The maximum absolute atomic E-state index is 12.4. The molecular formula is C15H26N6O9. The van der Waals surface area contributed by atoms with Gasteiger partial charge < -0.3 is 48.5 Å². The highest BCUT2D eigenvalue weighted by Gasteiger charge is 2.33. The topological polar surface area (TPSA) is 277 Å². The van der Waals surface area contributed by atoms with Gasteiger partial charge in [0.1, 0.15) is 18.1 Å². The van der Waals surface area contributed by atoms with Crippen molar-refractivity contribution in [1.29, 1.82) is 0 Å². The van der Waals surface area contributed by atoms with Gasteiger partial charge in [0.25, 0.3) is 0 Å². The molecule has 0 aliphatic carbocycles. The first-order valence-electron chi connectivity index (χ1n) is 8.55. The molecule has 170 valence electrons. The lowest BCUT2D eigenvalue weighted by molar-refractivity contribution is -0.144. The number of nitrogens with one attached hydrogen (secondary N) is 3. The zero-order chi connectivity index (χ0) is 23.6. The lowest BCUT2D eigenvalue weighted by Crippen LogP contribution is -2.60. The van der Waals surface area contributed by atoms with Crippen LogP contribution >= 0.6 is 0 Å². The number of hydrogen-bond donors (Lipinski definition) is 9. The van der Waals surface area contributed by atoms with Crippen LogP contribution in [0.4, 0.5) is 0 Å². The molecule has 12 N–H and O–H groups in total. The average molecular weight is 434 g/mol. The van der Waals surface area contributed by atoms with Gasteiger partial charge in [-0.2, -0.15) is 0 Å². The van der Waals surface area contributed by atoms with E-state index in [9.17, 15) is 33.9 Å². The molecular weight excluding hydrogens is 408 g/mol. The van der Waals surface area contributed by atoms with Crippen LogP contribution < -0.4 is 33.2 Å². The van der Waals surface area contributed by atoms with Crippen molar-refractivity contribution in [2.75, 3.05) is 6.61 Å². The number of nitrogens with two attached hydrogens (primary N) is 3. The first-order valence-corrected chi connectivity index (χ1v) is 8.55. The molecule has 0 saturated carbocycles. The van der Waals surface area contributed by atoms with Gasteiger partial charge in [0.15, 0.2) is 0 Å². The fourth-order valence-electron chi connectivity index (χ4n) is 2.10. The highest BCUT2D eigenvalue weighted by atomic mass is 16.4. The quantitative estimate of drug-likeness (QED) is 0.132. The van der Waals surface area contributed by atoms with Gasteiger partial charge in [0, 0.05) is 0 Å². The van der Waals surface area contributed by atoms with Crippen LogP contribution in [-0.2, 0) is 28.8 Å². The van der Waals surface area contributed by atoms with Crippen LogP contribution in [0.3, 0.4) is 0 Å². The van der Waals surface area contributed by atoms with Crippen molar-refractivity contribution >= 4 is 35.5 Å². The smallest absolute Gasteiger partial charge is 0.328 e. The summed E-state index contributed by atoms with van der Waals surface area (Å²) in [5.41, 5.74) is 15.4. The maximum Gasteiger partial charge on any atom is 0.328 e. The Bertz CT molecular complexity index is 684. The minimum absolute atomic E-state index is 0.548. The molecule has 0 aliphatic rings. The van der Waals surface area contributed by atoms with Crippen molar-refractivity contribution < 1.29 is 44.1 Å². The van der Waals surface area contributed by atoms with Gasteiger partial charge in [-0.3, -0.25) is 24.0 Å². The number of carboxylic acids is 1. The number of aliphatic hydroxyl groups excluding tert-OH is 2. The third-order valence-corrected chi connectivity index (χ3v) is 3.66. The summed E-state index contributed by atoms with van der Waals surface area (Å²) >= 11 is 0. The van der Waals surface area contributed by atoms with Gasteiger partial charge in [-0.05, 0) is 6.92 Å². The van der Waals surface area contributed by atoms with Crippen LogP contribution in [0.15, 0.2) is 0 Å². The Kier molecular flexibility index (Phi) is 10.9. The number of primary amides is 2. The van der Waals surface area contributed by atoms with E-state index in [-0.39, 0.29) is 0 Å². The van der Waals surface area contributed by atoms with Crippen LogP contribution in [0.1, 0.15) is 19.8 Å². The first-order chi connectivity index (χ1) is 13.8. The Morgan fingerprint density at radius 2 is 1.33 bits per heavy atom. The minimum Gasteiger partial charge on any atom is -0.480 e. The number of amides is 5. The van der Waals surface area contributed by atoms with Crippen LogP contribution in [0.5, 0.6) is 0 Å². The SMILES string of the molecule is CC(O)C(NC(=O)C(CC(N)=O)NC(=O)C(N)CC(N)=O)C(=O)NC(CO)C(=O)O. The van der Waals surface area contributed by atoms with Gasteiger partial charge in [0.2, 0.25) is 29.5 Å². The number of aliphatic carboxylic acids is 1. The second-order valence-corrected chi connectivity index (χ2v) is 6.32. The highest BCUT2D eigenvalue weighted by molar-refractivity contribution is 5.97. The second-order valence-electron chi connectivity index (χ2n) is 6.32. The minimum atomic E-state index is -1.71. The lowest BCUT2D eigenvalue weighted by Gasteiger charge is -2.25. The van der Waals surface area contributed by atoms with Crippen molar-refractivity contribution in [2.45, 2.75) is 50.0 Å². The van der Waals surface area contributed by atoms with Crippen molar-refractivity contribution in [1.82, 2.24) is 16.0 Å². The van der Waals surface area contributed by atoms with E-state index in [2.05, 4.69) is 5.32 Å². The highest BCUT2D eigenvalue weighted by Crippen LogP contribution is 2.00. The number of carbonyl (C=O) groups is 6. The van der Waals surface area contributed by atoms with E-state index in [1.807, 2.05) is 10.6 Å². The summed E-state index contributed by atoms with van der Waals surface area (Å²) in [5, 5.41) is 33.6. The Morgan fingerprint density at radius 3 is 1.73 bits per heavy atom. The standard InChI is InChI=1S/C15H26N6O9/c1-5(23)11(14(28)20-8(4-22)15(29)30)21-13(27)7(3-10(18)25)19-12(26)6(16)2-9(17)24/h5-8,11,22-23H,2-4,16H2,1H3,(H2,17,24)(H2,18,25)(H,19,26)(H,20,28)(H,21,27)(H,29,30). The molecule has 0 aromatic carbocycles. The molecule has 5 amide bonds. The van der Waals surface area contributed by atoms with Crippen molar-refractivity contribution in [3.8, 4) is 0 Å². The molecule has 5 unspecified atom stereocenters. The molecule has 15 nitrogen and oxygen atoms in total. The molecule has 5 atom stereocenters. The zero-order valence-electron chi connectivity index (χ0n) is 16.0. The van der Waals surface area contributed by atoms with Crippen LogP contribution in [0, 0.1) is 0 Å². The predicted octanol–water partition coefficient (Wildman–Crippen LogP) is -6.02. The van der Waals surface area contributed by atoms with Gasteiger partial charge >= 0.3 is 5.97 Å². The third kappa shape index (κ3) is 9.26. The number of carbonyl (C=O) groups excluding carboxylic acids is 5. The summed E-state index contributed by atoms with van der Waals surface area (Å²) < 4.78 is 0. The van der Waals surface area contributed by atoms with Crippen molar-refractivity contribution in [3.05, 3.63) is 0 Å². The maximum atomic E-state index is 12.4. The fraction of sp³-hybridized carbons (Fsp3) is 0.600. The second kappa shape index (κ2) is 12.3. The Labute approximate surface area is 170 Å². The van der Waals surface area contributed by atoms with Crippen molar-refractivity contribution in [2.24, 2.45) is 17.2 Å². The molecule has 0 fully saturated rings. The lowest BCUT2D eigenvalue weighted by atomic mass is 10.1. The summed E-state index contributed by atoms with van der Waals surface area (Å²) in [6, 6.07) is -6.47. The Balaban J connectivity index is 5.38. The van der Waals surface area contributed by atoms with Gasteiger partial charge in [-0.15, -0.1) is 0 Å². The van der Waals surface area contributed by atoms with Crippen LogP contribution in [-0.4, -0.2) is 87.7 Å². The number of aliphatic hydroxyl groups is 2. The summed E-state index contributed by atoms with van der Waals surface area (Å²) in [6.45, 7) is 0.142. The van der Waals surface area contributed by atoms with E-state index in [1.54, 1.807) is 0 Å². The molecule has 0 aromatic rings. The Hall–Kier alpha value is -3.30. The normalized spacial score (nSPS) is 15.6. The van der Waals surface area contributed by atoms with Gasteiger partial charge in [0.05, 0.1) is 31.6 Å². The molecule has 0 spiro atoms. The summed E-state index contributed by atoms with van der Waals surface area (Å²) in [6.07, 6.45) is -2.81. The molecule has 0 aliphatic heterocycles. The van der Waals surface area contributed by atoms with E-state index < -0.39 is 85.2 Å². The molecule has 0 aromatic heterocycles. The molecule has 15 heteroatoms. The van der Waals surface area contributed by atoms with E-state index in [0.717, 1.165) is 6.92 Å². The summed E-state index contributed by atoms with van der Waals surface area (Å²) in [4.78, 5) is 69.6. The van der Waals surface area contributed by atoms with Crippen LogP contribution in [0.2, 0.25) is 0 Å². The van der Waals surface area contributed by atoms with Crippen LogP contribution in [0.25, 0.3) is 0 Å². The molecule has 0 heterocycles. The van der Waals surface area contributed by atoms with Gasteiger partial charge in [-0.25, -0.2) is 4.79 Å². The van der Waals surface area contributed by atoms with E-state index >= 15 is 0 Å². The monoisotopic (exact) mass is 434 g/mol. The molecule has 0 radical (unpaired) electrons. The van der Waals surface area contributed by atoms with E-state index in [0.29, 0.717) is 0 Å². The number of carboxylic acid groups (broad SMARTS) is 1. The number of rotatable bonds is 13. The fourth-order valence-corrected chi connectivity index (χ4v) is 2.10. The van der Waals surface area contributed by atoms with Gasteiger partial charge in [-0.1, -0.05) is 0 Å². The molecule has 0 rings (SSSR count). The Morgan fingerprint density at radius 1 is 0.833 bits per heavy atom. The predicted molar refractivity (Wildman–Crippen MR) is 97.8 cm³/mol. The third-order valence-electron chi connectivity index (χ3n) is 3.66. The largest absolute Gasteiger partial charge is 0.480 e. The van der Waals surface area contributed by atoms with Crippen molar-refractivity contribution in [3.63, 3.8) is 0 Å². The van der Waals surface area contributed by atoms with E-state index in [4.69, 9.17) is 27.4 Å². The number of hydrogen-bond acceptors (Lipinski definition) is 9. The van der Waals surface area contributed by atoms with E-state index in [1.165, 1.54) is 0 Å².